The minimum absolute atomic E-state index is 0. The summed E-state index contributed by atoms with van der Waals surface area (Å²) in [5.74, 6) is 3.79. The van der Waals surface area contributed by atoms with Crippen LogP contribution < -0.4 is 10.5 Å². The first-order chi connectivity index (χ1) is 8.86. The molecule has 19 heavy (non-hydrogen) atoms. The second-order valence-electron chi connectivity index (χ2n) is 4.00. The quantitative estimate of drug-likeness (QED) is 0.368. The molecule has 1 aliphatic rings. The Kier molecular flexibility index (Phi) is 8.04. The predicted octanol–water partition coefficient (Wildman–Crippen LogP) is 2.05. The van der Waals surface area contributed by atoms with Gasteiger partial charge in [0.1, 0.15) is 12.4 Å². The van der Waals surface area contributed by atoms with Crippen molar-refractivity contribution in [1.29, 1.82) is 0 Å². The average molecular weight is 393 g/mol. The molecule has 1 aromatic carbocycles. The van der Waals surface area contributed by atoms with Crippen LogP contribution in [0, 0.1) is 0 Å². The molecule has 4 nitrogen and oxygen atoms in total. The standard InChI is InChI=1S/C13H19N3OS.HI/c14-13(16-7-10-18-11-8-16)15-6-9-17-12-4-2-1-3-5-12;/h1-5H,6-11H2,(H2,14,15);1H. The van der Waals surface area contributed by atoms with Gasteiger partial charge in [-0.1, -0.05) is 18.2 Å². The van der Waals surface area contributed by atoms with E-state index < -0.39 is 0 Å². The minimum Gasteiger partial charge on any atom is -0.492 e. The molecule has 1 aliphatic heterocycles. The molecule has 1 saturated heterocycles. The Labute approximate surface area is 135 Å². The van der Waals surface area contributed by atoms with Crippen LogP contribution in [0.5, 0.6) is 5.75 Å². The Hall–Kier alpha value is -0.630. The lowest BCUT2D eigenvalue weighted by atomic mass is 10.3. The second kappa shape index (κ2) is 9.30. The maximum Gasteiger partial charge on any atom is 0.191 e. The first-order valence-corrected chi connectivity index (χ1v) is 7.32. The normalized spacial score (nSPS) is 15.8. The molecule has 1 fully saturated rings. The van der Waals surface area contributed by atoms with E-state index in [-0.39, 0.29) is 24.0 Å². The van der Waals surface area contributed by atoms with Crippen molar-refractivity contribution in [2.24, 2.45) is 10.7 Å². The monoisotopic (exact) mass is 393 g/mol. The Balaban J connectivity index is 0.00000180. The van der Waals surface area contributed by atoms with Gasteiger partial charge in [-0.3, -0.25) is 0 Å². The molecule has 0 aliphatic carbocycles. The summed E-state index contributed by atoms with van der Waals surface area (Å²) in [7, 11) is 0. The van der Waals surface area contributed by atoms with Crippen molar-refractivity contribution >= 4 is 41.7 Å². The van der Waals surface area contributed by atoms with Gasteiger partial charge in [-0.25, -0.2) is 4.99 Å². The highest BCUT2D eigenvalue weighted by molar-refractivity contribution is 14.0. The van der Waals surface area contributed by atoms with Crippen LogP contribution in [-0.2, 0) is 0 Å². The van der Waals surface area contributed by atoms with Gasteiger partial charge < -0.3 is 15.4 Å². The van der Waals surface area contributed by atoms with E-state index in [2.05, 4.69) is 9.89 Å². The van der Waals surface area contributed by atoms with E-state index in [0.29, 0.717) is 19.1 Å². The van der Waals surface area contributed by atoms with Crippen LogP contribution in [0.25, 0.3) is 0 Å². The summed E-state index contributed by atoms with van der Waals surface area (Å²) in [6, 6.07) is 9.76. The molecule has 6 heteroatoms. The van der Waals surface area contributed by atoms with Crippen LogP contribution in [0.4, 0.5) is 0 Å². The summed E-state index contributed by atoms with van der Waals surface area (Å²) in [4.78, 5) is 6.49. The van der Waals surface area contributed by atoms with Crippen molar-refractivity contribution in [2.45, 2.75) is 0 Å². The second-order valence-corrected chi connectivity index (χ2v) is 5.23. The van der Waals surface area contributed by atoms with E-state index in [0.717, 1.165) is 30.3 Å². The molecule has 0 radical (unpaired) electrons. The number of aliphatic imine (C=N–C) groups is 1. The molecule has 0 saturated carbocycles. The summed E-state index contributed by atoms with van der Waals surface area (Å²) in [6.07, 6.45) is 0. The molecule has 2 N–H and O–H groups in total. The number of thioether (sulfide) groups is 1. The minimum atomic E-state index is 0. The molecule has 106 valence electrons. The van der Waals surface area contributed by atoms with E-state index in [1.807, 2.05) is 42.1 Å². The van der Waals surface area contributed by atoms with Crippen molar-refractivity contribution in [3.05, 3.63) is 30.3 Å². The largest absolute Gasteiger partial charge is 0.492 e. The maximum absolute atomic E-state index is 5.94. The van der Waals surface area contributed by atoms with Gasteiger partial charge in [0.2, 0.25) is 0 Å². The molecular formula is C13H20IN3OS. The van der Waals surface area contributed by atoms with Gasteiger partial charge in [-0.2, -0.15) is 11.8 Å². The molecule has 0 unspecified atom stereocenters. The van der Waals surface area contributed by atoms with Crippen LogP contribution in [0.15, 0.2) is 35.3 Å². The molecule has 2 rings (SSSR count). The summed E-state index contributed by atoms with van der Waals surface area (Å²) < 4.78 is 5.56. The summed E-state index contributed by atoms with van der Waals surface area (Å²) in [5.41, 5.74) is 5.94. The number of nitrogens with zero attached hydrogens (tertiary/aromatic N) is 2. The van der Waals surface area contributed by atoms with Gasteiger partial charge in [0, 0.05) is 24.6 Å². The Morgan fingerprint density at radius 2 is 1.95 bits per heavy atom. The fourth-order valence-electron chi connectivity index (χ4n) is 1.73. The van der Waals surface area contributed by atoms with Gasteiger partial charge in [-0.05, 0) is 12.1 Å². The lowest BCUT2D eigenvalue weighted by Gasteiger charge is -2.27. The predicted molar refractivity (Wildman–Crippen MR) is 92.7 cm³/mol. The third-order valence-electron chi connectivity index (χ3n) is 2.71. The summed E-state index contributed by atoms with van der Waals surface area (Å²) in [6.45, 7) is 3.16. The zero-order valence-corrected chi connectivity index (χ0v) is 14.0. The Morgan fingerprint density at radius 3 is 2.63 bits per heavy atom. The Morgan fingerprint density at radius 1 is 1.26 bits per heavy atom. The van der Waals surface area contributed by atoms with Crippen LogP contribution in [0.3, 0.4) is 0 Å². The fraction of sp³-hybridized carbons (Fsp3) is 0.462. The number of nitrogens with two attached hydrogens (primary N) is 1. The van der Waals surface area contributed by atoms with Gasteiger partial charge in [0.25, 0.3) is 0 Å². The number of halogens is 1. The highest BCUT2D eigenvalue weighted by Gasteiger charge is 2.11. The zero-order valence-electron chi connectivity index (χ0n) is 10.8. The van der Waals surface area contributed by atoms with Crippen LogP contribution in [-0.4, -0.2) is 48.6 Å². The van der Waals surface area contributed by atoms with Crippen molar-refractivity contribution in [3.8, 4) is 5.75 Å². The summed E-state index contributed by atoms with van der Waals surface area (Å²) in [5, 5.41) is 0. The lowest BCUT2D eigenvalue weighted by Crippen LogP contribution is -2.42. The molecule has 0 bridgehead atoms. The third-order valence-corrected chi connectivity index (χ3v) is 3.65. The highest BCUT2D eigenvalue weighted by Crippen LogP contribution is 2.09. The van der Waals surface area contributed by atoms with Gasteiger partial charge >= 0.3 is 0 Å². The number of para-hydroxylation sites is 1. The van der Waals surface area contributed by atoms with Crippen molar-refractivity contribution < 1.29 is 4.74 Å². The van der Waals surface area contributed by atoms with Crippen molar-refractivity contribution in [3.63, 3.8) is 0 Å². The summed E-state index contributed by atoms with van der Waals surface area (Å²) >= 11 is 1.96. The number of guanidine groups is 1. The Bertz CT molecular complexity index is 383. The van der Waals surface area contributed by atoms with Crippen LogP contribution >= 0.6 is 35.7 Å². The highest BCUT2D eigenvalue weighted by atomic mass is 127. The maximum atomic E-state index is 5.94. The number of benzene rings is 1. The first kappa shape index (κ1) is 16.4. The first-order valence-electron chi connectivity index (χ1n) is 6.17. The van der Waals surface area contributed by atoms with Gasteiger partial charge in [-0.15, -0.1) is 24.0 Å². The number of hydrogen-bond acceptors (Lipinski definition) is 3. The van der Waals surface area contributed by atoms with Crippen LogP contribution in [0.1, 0.15) is 0 Å². The molecule has 0 atom stereocenters. The molecule has 1 aromatic rings. The van der Waals surface area contributed by atoms with Crippen LogP contribution in [0.2, 0.25) is 0 Å². The third kappa shape index (κ3) is 5.90. The average Bonchev–Trinajstić information content (AvgIpc) is 2.45. The molecule has 1 heterocycles. The van der Waals surface area contributed by atoms with Crippen molar-refractivity contribution in [2.75, 3.05) is 37.7 Å². The van der Waals surface area contributed by atoms with E-state index in [1.165, 1.54) is 0 Å². The molecular weight excluding hydrogens is 373 g/mol. The van der Waals surface area contributed by atoms with E-state index in [9.17, 15) is 0 Å². The number of rotatable bonds is 4. The SMILES string of the molecule is I.NC(=NCCOc1ccccc1)N1CCSCC1. The van der Waals surface area contributed by atoms with Gasteiger partial charge in [0.15, 0.2) is 5.96 Å². The van der Waals surface area contributed by atoms with E-state index >= 15 is 0 Å². The molecule has 0 aromatic heterocycles. The molecule has 0 amide bonds. The smallest absolute Gasteiger partial charge is 0.191 e. The van der Waals surface area contributed by atoms with Gasteiger partial charge in [0.05, 0.1) is 6.54 Å². The lowest BCUT2D eigenvalue weighted by molar-refractivity contribution is 0.327. The van der Waals surface area contributed by atoms with E-state index in [4.69, 9.17) is 10.5 Å². The molecule has 0 spiro atoms. The number of hydrogen-bond donors (Lipinski definition) is 1. The number of ether oxygens (including phenoxy) is 1. The fourth-order valence-corrected chi connectivity index (χ4v) is 2.64. The zero-order chi connectivity index (χ0) is 12.6. The topological polar surface area (TPSA) is 50.9 Å². The van der Waals surface area contributed by atoms with E-state index in [1.54, 1.807) is 0 Å². The van der Waals surface area contributed by atoms with Crippen molar-refractivity contribution in [1.82, 2.24) is 4.90 Å².